The summed E-state index contributed by atoms with van der Waals surface area (Å²) >= 11 is 0. The number of carbonyl (C=O) groups excluding carboxylic acids is 1. The summed E-state index contributed by atoms with van der Waals surface area (Å²) in [7, 11) is 0. The van der Waals surface area contributed by atoms with Crippen LogP contribution in [0.4, 0.5) is 0 Å². The zero-order valence-corrected chi connectivity index (χ0v) is 14.5. The normalized spacial score (nSPS) is 17.0. The molecular formula is C18H22ClN3O2. The van der Waals surface area contributed by atoms with Crippen molar-refractivity contribution in [3.8, 4) is 5.75 Å². The highest BCUT2D eigenvalue weighted by atomic mass is 35.5. The average molecular weight is 348 g/mol. The van der Waals surface area contributed by atoms with Gasteiger partial charge in [0.15, 0.2) is 0 Å². The van der Waals surface area contributed by atoms with E-state index < -0.39 is 0 Å². The van der Waals surface area contributed by atoms with Crippen molar-refractivity contribution in [1.82, 2.24) is 15.2 Å². The van der Waals surface area contributed by atoms with Gasteiger partial charge in [0.1, 0.15) is 12.4 Å². The summed E-state index contributed by atoms with van der Waals surface area (Å²) in [5.74, 6) is 0.839. The minimum Gasteiger partial charge on any atom is -0.489 e. The van der Waals surface area contributed by atoms with Gasteiger partial charge in [-0.15, -0.1) is 12.4 Å². The van der Waals surface area contributed by atoms with Crippen molar-refractivity contribution in [3.63, 3.8) is 0 Å². The molecule has 0 saturated carbocycles. The largest absolute Gasteiger partial charge is 0.489 e. The van der Waals surface area contributed by atoms with E-state index in [1.54, 1.807) is 12.4 Å². The van der Waals surface area contributed by atoms with E-state index in [0.29, 0.717) is 12.2 Å². The molecule has 24 heavy (non-hydrogen) atoms. The molecule has 1 aliphatic rings. The number of piperazine rings is 1. The number of pyridine rings is 1. The number of halogens is 1. The van der Waals surface area contributed by atoms with E-state index in [-0.39, 0.29) is 24.4 Å². The molecule has 128 valence electrons. The third kappa shape index (κ3) is 4.46. The molecule has 0 aliphatic carbocycles. The molecule has 0 bridgehead atoms. The first-order valence-electron chi connectivity index (χ1n) is 7.87. The molecule has 6 heteroatoms. The summed E-state index contributed by atoms with van der Waals surface area (Å²) < 4.78 is 5.73. The van der Waals surface area contributed by atoms with Gasteiger partial charge in [-0.25, -0.2) is 0 Å². The Labute approximate surface area is 148 Å². The number of ether oxygens (including phenoxy) is 1. The average Bonchev–Trinajstić information content (AvgIpc) is 2.61. The Kier molecular flexibility index (Phi) is 6.58. The van der Waals surface area contributed by atoms with Crippen molar-refractivity contribution < 1.29 is 9.53 Å². The molecule has 5 nitrogen and oxygen atoms in total. The summed E-state index contributed by atoms with van der Waals surface area (Å²) in [6.07, 6.45) is 3.49. The van der Waals surface area contributed by atoms with Crippen molar-refractivity contribution in [2.75, 3.05) is 19.6 Å². The minimum atomic E-state index is 0. The lowest BCUT2D eigenvalue weighted by atomic mass is 10.1. The molecule has 1 amide bonds. The van der Waals surface area contributed by atoms with Gasteiger partial charge in [0.05, 0.1) is 0 Å². The lowest BCUT2D eigenvalue weighted by Gasteiger charge is -2.34. The van der Waals surface area contributed by atoms with Crippen LogP contribution in [0.2, 0.25) is 0 Å². The molecular weight excluding hydrogens is 326 g/mol. The third-order valence-corrected chi connectivity index (χ3v) is 4.02. The summed E-state index contributed by atoms with van der Waals surface area (Å²) in [6, 6.07) is 11.4. The number of rotatable bonds is 4. The fraction of sp³-hybridized carbons (Fsp3) is 0.333. The third-order valence-electron chi connectivity index (χ3n) is 4.02. The monoisotopic (exact) mass is 347 g/mol. The molecule has 1 N–H and O–H groups in total. The Morgan fingerprint density at radius 1 is 1.25 bits per heavy atom. The van der Waals surface area contributed by atoms with Crippen LogP contribution in [0.5, 0.6) is 5.75 Å². The van der Waals surface area contributed by atoms with Crippen LogP contribution in [-0.4, -0.2) is 41.5 Å². The molecule has 0 spiro atoms. The highest BCUT2D eigenvalue weighted by Gasteiger charge is 2.23. The molecule has 1 aliphatic heterocycles. The van der Waals surface area contributed by atoms with E-state index in [4.69, 9.17) is 4.74 Å². The molecule has 3 rings (SSSR count). The lowest BCUT2D eigenvalue weighted by Crippen LogP contribution is -2.52. The summed E-state index contributed by atoms with van der Waals surface area (Å²) in [5, 5.41) is 3.29. The number of carbonyl (C=O) groups is 1. The molecule has 1 atom stereocenters. The molecule has 1 aromatic carbocycles. The van der Waals surface area contributed by atoms with Crippen molar-refractivity contribution >= 4 is 18.3 Å². The topological polar surface area (TPSA) is 54.5 Å². The molecule has 2 heterocycles. The van der Waals surface area contributed by atoms with E-state index in [0.717, 1.165) is 30.9 Å². The van der Waals surface area contributed by atoms with E-state index in [2.05, 4.69) is 17.2 Å². The van der Waals surface area contributed by atoms with E-state index in [1.165, 1.54) is 0 Å². The van der Waals surface area contributed by atoms with E-state index >= 15 is 0 Å². The number of aromatic nitrogens is 1. The van der Waals surface area contributed by atoms with Crippen LogP contribution in [0.1, 0.15) is 22.8 Å². The van der Waals surface area contributed by atoms with Gasteiger partial charge in [-0.05, 0) is 48.9 Å². The summed E-state index contributed by atoms with van der Waals surface area (Å²) in [6.45, 7) is 5.00. The van der Waals surface area contributed by atoms with Crippen LogP contribution in [-0.2, 0) is 6.61 Å². The van der Waals surface area contributed by atoms with Gasteiger partial charge in [-0.1, -0.05) is 0 Å². The maximum absolute atomic E-state index is 12.6. The Bertz CT molecular complexity index is 649. The van der Waals surface area contributed by atoms with Crippen molar-refractivity contribution in [1.29, 1.82) is 0 Å². The number of hydrogen-bond donors (Lipinski definition) is 1. The number of nitrogens with zero attached hydrogens (tertiary/aromatic N) is 2. The van der Waals surface area contributed by atoms with Crippen LogP contribution in [0.25, 0.3) is 0 Å². The van der Waals surface area contributed by atoms with Gasteiger partial charge >= 0.3 is 0 Å². The predicted octanol–water partition coefficient (Wildman–Crippen LogP) is 2.52. The van der Waals surface area contributed by atoms with Gasteiger partial charge in [-0.2, -0.15) is 0 Å². The quantitative estimate of drug-likeness (QED) is 0.923. The predicted molar refractivity (Wildman–Crippen MR) is 95.6 cm³/mol. The van der Waals surface area contributed by atoms with E-state index in [1.807, 2.05) is 41.3 Å². The second kappa shape index (κ2) is 8.66. The van der Waals surface area contributed by atoms with Crippen LogP contribution in [0.15, 0.2) is 48.8 Å². The van der Waals surface area contributed by atoms with Gasteiger partial charge in [-0.3, -0.25) is 9.78 Å². The molecule has 1 aromatic heterocycles. The lowest BCUT2D eigenvalue weighted by molar-refractivity contribution is 0.0655. The van der Waals surface area contributed by atoms with Crippen LogP contribution < -0.4 is 10.1 Å². The molecule has 0 unspecified atom stereocenters. The smallest absolute Gasteiger partial charge is 0.254 e. The zero-order chi connectivity index (χ0) is 16.1. The fourth-order valence-corrected chi connectivity index (χ4v) is 2.65. The second-order valence-corrected chi connectivity index (χ2v) is 5.72. The first-order chi connectivity index (χ1) is 11.2. The number of nitrogens with one attached hydrogen (secondary N) is 1. The number of hydrogen-bond acceptors (Lipinski definition) is 4. The standard InChI is InChI=1S/C18H21N3O2.ClH/c1-14-12-20-10-11-21(14)18(22)16-2-4-17(5-3-16)23-13-15-6-8-19-9-7-15;/h2-9,14,20H,10-13H2,1H3;1H/t14-;/m1./s1. The number of amides is 1. The second-order valence-electron chi connectivity index (χ2n) is 5.72. The highest BCUT2D eigenvalue weighted by molar-refractivity contribution is 5.94. The molecule has 0 radical (unpaired) electrons. The SMILES string of the molecule is C[C@@H]1CNCCN1C(=O)c1ccc(OCc2ccncc2)cc1.Cl. The van der Waals surface area contributed by atoms with Crippen molar-refractivity contribution in [3.05, 3.63) is 59.9 Å². The van der Waals surface area contributed by atoms with Gasteiger partial charge < -0.3 is 15.0 Å². The molecule has 2 aromatic rings. The molecule has 1 fully saturated rings. The Morgan fingerprint density at radius 2 is 1.96 bits per heavy atom. The highest BCUT2D eigenvalue weighted by Crippen LogP contribution is 2.16. The number of benzene rings is 1. The van der Waals surface area contributed by atoms with Crippen LogP contribution in [0, 0.1) is 0 Å². The van der Waals surface area contributed by atoms with E-state index in [9.17, 15) is 4.79 Å². The first kappa shape index (κ1) is 18.2. The van der Waals surface area contributed by atoms with Gasteiger partial charge in [0, 0.05) is 43.6 Å². The van der Waals surface area contributed by atoms with Crippen LogP contribution >= 0.6 is 12.4 Å². The first-order valence-corrected chi connectivity index (χ1v) is 7.87. The summed E-state index contributed by atoms with van der Waals surface area (Å²) in [4.78, 5) is 18.5. The Morgan fingerprint density at radius 3 is 2.62 bits per heavy atom. The van der Waals surface area contributed by atoms with Crippen molar-refractivity contribution in [2.45, 2.75) is 19.6 Å². The minimum absolute atomic E-state index is 0. The Balaban J connectivity index is 0.00000208. The fourth-order valence-electron chi connectivity index (χ4n) is 2.65. The van der Waals surface area contributed by atoms with Crippen molar-refractivity contribution in [2.24, 2.45) is 0 Å². The van der Waals surface area contributed by atoms with Crippen LogP contribution in [0.3, 0.4) is 0 Å². The maximum Gasteiger partial charge on any atom is 0.254 e. The van der Waals surface area contributed by atoms with Gasteiger partial charge in [0.2, 0.25) is 0 Å². The van der Waals surface area contributed by atoms with Gasteiger partial charge in [0.25, 0.3) is 5.91 Å². The Hall–Kier alpha value is -2.11. The zero-order valence-electron chi connectivity index (χ0n) is 13.6. The summed E-state index contributed by atoms with van der Waals surface area (Å²) in [5.41, 5.74) is 1.77. The molecule has 1 saturated heterocycles. The maximum atomic E-state index is 12.6.